The molecule has 0 aliphatic heterocycles. The molecule has 5 nitrogen and oxygen atoms in total. The molecular formula is C24H21NO4. The zero-order valence-corrected chi connectivity index (χ0v) is 15.8. The minimum absolute atomic E-state index is 0.105. The van der Waals surface area contributed by atoms with E-state index in [2.05, 4.69) is 0 Å². The number of benzene rings is 3. The molecule has 0 saturated carbocycles. The summed E-state index contributed by atoms with van der Waals surface area (Å²) in [6.45, 7) is 0.446. The van der Waals surface area contributed by atoms with E-state index in [1.165, 1.54) is 0 Å². The van der Waals surface area contributed by atoms with Crippen LogP contribution < -0.4 is 4.74 Å². The fraction of sp³-hybridized carbons (Fsp3) is 0.125. The topological polar surface area (TPSA) is 62.9 Å². The average Bonchev–Trinajstić information content (AvgIpc) is 3.26. The molecule has 29 heavy (non-hydrogen) atoms. The molecule has 0 aliphatic rings. The molecule has 0 atom stereocenters. The van der Waals surface area contributed by atoms with Gasteiger partial charge in [-0.1, -0.05) is 48.5 Å². The molecule has 1 heterocycles. The molecule has 0 aliphatic carbocycles. The van der Waals surface area contributed by atoms with Gasteiger partial charge in [0.05, 0.1) is 12.8 Å². The van der Waals surface area contributed by atoms with Crippen molar-refractivity contribution in [2.75, 3.05) is 6.61 Å². The average molecular weight is 387 g/mol. The number of fused-ring (bicyclic) bond motifs is 1. The molecule has 4 rings (SSSR count). The lowest BCUT2D eigenvalue weighted by molar-refractivity contribution is -0.134. The van der Waals surface area contributed by atoms with Crippen LogP contribution in [0.5, 0.6) is 11.5 Å². The van der Waals surface area contributed by atoms with Crippen LogP contribution in [0.1, 0.15) is 11.3 Å². The molecule has 4 aromatic rings. The third kappa shape index (κ3) is 4.58. The number of ether oxygens (including phenoxy) is 1. The highest BCUT2D eigenvalue weighted by atomic mass is 16.5. The van der Waals surface area contributed by atoms with Crippen molar-refractivity contribution in [3.63, 3.8) is 0 Å². The van der Waals surface area contributed by atoms with Crippen molar-refractivity contribution in [3.05, 3.63) is 96.4 Å². The van der Waals surface area contributed by atoms with Crippen molar-refractivity contribution in [2.24, 2.45) is 0 Å². The minimum Gasteiger partial charge on any atom is -0.508 e. The molecule has 3 aromatic carbocycles. The number of hydrogen-bond acceptors (Lipinski definition) is 4. The molecule has 0 unspecified atom stereocenters. The van der Waals surface area contributed by atoms with E-state index in [1.54, 1.807) is 35.4 Å². The lowest BCUT2D eigenvalue weighted by atomic mass is 10.1. The number of phenols is 1. The van der Waals surface area contributed by atoms with Crippen molar-refractivity contribution in [1.82, 2.24) is 4.90 Å². The van der Waals surface area contributed by atoms with Crippen molar-refractivity contribution in [2.45, 2.75) is 13.1 Å². The second-order valence-electron chi connectivity index (χ2n) is 6.76. The number of hydrogen-bond donors (Lipinski definition) is 1. The van der Waals surface area contributed by atoms with Crippen molar-refractivity contribution in [1.29, 1.82) is 0 Å². The summed E-state index contributed by atoms with van der Waals surface area (Å²) in [5.41, 5.74) is 0.665. The van der Waals surface area contributed by atoms with Crippen LogP contribution in [-0.4, -0.2) is 22.5 Å². The summed E-state index contributed by atoms with van der Waals surface area (Å²) in [6.07, 6.45) is 1.57. The zero-order valence-electron chi connectivity index (χ0n) is 15.8. The van der Waals surface area contributed by atoms with Crippen molar-refractivity contribution < 1.29 is 19.1 Å². The highest BCUT2D eigenvalue weighted by molar-refractivity contribution is 5.84. The minimum atomic E-state index is -0.196. The van der Waals surface area contributed by atoms with Gasteiger partial charge in [0.1, 0.15) is 17.3 Å². The Balaban J connectivity index is 1.48. The number of rotatable bonds is 7. The molecule has 0 saturated heterocycles. The second-order valence-corrected chi connectivity index (χ2v) is 6.76. The van der Waals surface area contributed by atoms with Crippen molar-refractivity contribution in [3.8, 4) is 11.5 Å². The molecule has 0 fully saturated rings. The van der Waals surface area contributed by atoms with Gasteiger partial charge >= 0.3 is 0 Å². The Kier molecular flexibility index (Phi) is 5.47. The van der Waals surface area contributed by atoms with E-state index in [9.17, 15) is 9.90 Å². The van der Waals surface area contributed by atoms with Gasteiger partial charge in [-0.3, -0.25) is 4.79 Å². The first-order chi connectivity index (χ1) is 14.2. The zero-order chi connectivity index (χ0) is 20.1. The predicted molar refractivity (Wildman–Crippen MR) is 111 cm³/mol. The van der Waals surface area contributed by atoms with Crippen LogP contribution in [0, 0.1) is 0 Å². The third-order valence-corrected chi connectivity index (χ3v) is 4.72. The van der Waals surface area contributed by atoms with Crippen LogP contribution in [0.3, 0.4) is 0 Å². The summed E-state index contributed by atoms with van der Waals surface area (Å²) >= 11 is 0. The van der Waals surface area contributed by atoms with Gasteiger partial charge in [-0.2, -0.15) is 0 Å². The molecule has 1 amide bonds. The summed E-state index contributed by atoms with van der Waals surface area (Å²) in [7, 11) is 0. The van der Waals surface area contributed by atoms with Crippen molar-refractivity contribution >= 4 is 16.7 Å². The number of carbonyl (C=O) groups is 1. The van der Waals surface area contributed by atoms with E-state index in [1.807, 2.05) is 54.6 Å². The predicted octanol–water partition coefficient (Wildman–Crippen LogP) is 4.75. The third-order valence-electron chi connectivity index (χ3n) is 4.72. The number of nitrogens with zero attached hydrogens (tertiary/aromatic N) is 1. The fourth-order valence-corrected chi connectivity index (χ4v) is 3.17. The van der Waals surface area contributed by atoms with Crippen LogP contribution in [0.15, 0.2) is 89.5 Å². The van der Waals surface area contributed by atoms with Gasteiger partial charge in [0.25, 0.3) is 5.91 Å². The number of aromatic hydroxyl groups is 1. The maximum atomic E-state index is 12.9. The summed E-state index contributed by atoms with van der Waals surface area (Å²) < 4.78 is 11.2. The first-order valence-corrected chi connectivity index (χ1v) is 9.38. The number of phenolic OH excluding ortho intramolecular Hbond substituents is 1. The van der Waals surface area contributed by atoms with Gasteiger partial charge in [0.2, 0.25) is 0 Å². The molecule has 5 heteroatoms. The van der Waals surface area contributed by atoms with Crippen LogP contribution in [0.2, 0.25) is 0 Å². The summed E-state index contributed by atoms with van der Waals surface area (Å²) in [4.78, 5) is 14.5. The summed E-state index contributed by atoms with van der Waals surface area (Å²) in [6, 6.07) is 24.3. The van der Waals surface area contributed by atoms with Crippen LogP contribution in [0.25, 0.3) is 10.8 Å². The SMILES string of the molecule is O=C(COc1ccc2ccccc2c1)N(Cc1ccco1)Cc1ccccc1O. The van der Waals surface area contributed by atoms with E-state index in [0.717, 1.165) is 10.8 Å². The molecular weight excluding hydrogens is 366 g/mol. The molecule has 146 valence electrons. The normalized spacial score (nSPS) is 10.8. The molecule has 0 radical (unpaired) electrons. The molecule has 1 aromatic heterocycles. The summed E-state index contributed by atoms with van der Waals surface area (Å²) in [5.74, 6) is 1.26. The van der Waals surface area contributed by atoms with Gasteiger partial charge < -0.3 is 19.2 Å². The Hall–Kier alpha value is -3.73. The maximum Gasteiger partial charge on any atom is 0.261 e. The number of amides is 1. The van der Waals surface area contributed by atoms with Gasteiger partial charge in [-0.15, -0.1) is 0 Å². The quantitative estimate of drug-likeness (QED) is 0.497. The lowest BCUT2D eigenvalue weighted by Gasteiger charge is -2.22. The van der Waals surface area contributed by atoms with Crippen LogP contribution >= 0.6 is 0 Å². The largest absolute Gasteiger partial charge is 0.508 e. The molecule has 1 N–H and O–H groups in total. The van der Waals surface area contributed by atoms with E-state index in [-0.39, 0.29) is 24.8 Å². The summed E-state index contributed by atoms with van der Waals surface area (Å²) in [5, 5.41) is 12.3. The smallest absolute Gasteiger partial charge is 0.261 e. The number of furan rings is 1. The standard InChI is InChI=1S/C24H21NO4/c26-23-10-4-3-8-20(23)15-25(16-22-9-5-13-28-22)24(27)17-29-21-12-11-18-6-1-2-7-19(18)14-21/h1-14,26H,15-17H2. The van der Waals surface area contributed by atoms with Gasteiger partial charge in [-0.05, 0) is 41.1 Å². The highest BCUT2D eigenvalue weighted by Gasteiger charge is 2.18. The molecule has 0 bridgehead atoms. The van der Waals surface area contributed by atoms with Crippen LogP contribution in [0.4, 0.5) is 0 Å². The second kappa shape index (κ2) is 8.52. The Morgan fingerprint density at radius 3 is 2.48 bits per heavy atom. The van der Waals surface area contributed by atoms with E-state index in [4.69, 9.17) is 9.15 Å². The number of carbonyl (C=O) groups excluding carboxylic acids is 1. The molecule has 0 spiro atoms. The maximum absolute atomic E-state index is 12.9. The first-order valence-electron chi connectivity index (χ1n) is 9.38. The Labute approximate surface area is 168 Å². The van der Waals surface area contributed by atoms with Gasteiger partial charge in [0, 0.05) is 12.1 Å². The van der Waals surface area contributed by atoms with Crippen LogP contribution in [-0.2, 0) is 17.9 Å². The number of para-hydroxylation sites is 1. The highest BCUT2D eigenvalue weighted by Crippen LogP contribution is 2.22. The van der Waals surface area contributed by atoms with E-state index >= 15 is 0 Å². The fourth-order valence-electron chi connectivity index (χ4n) is 3.17. The van der Waals surface area contributed by atoms with Gasteiger partial charge in [0.15, 0.2) is 6.61 Å². The Bertz CT molecular complexity index is 1100. The Morgan fingerprint density at radius 2 is 1.69 bits per heavy atom. The van der Waals surface area contributed by atoms with E-state index in [0.29, 0.717) is 23.6 Å². The Morgan fingerprint density at radius 1 is 0.897 bits per heavy atom. The first kappa shape index (κ1) is 18.6. The lowest BCUT2D eigenvalue weighted by Crippen LogP contribution is -2.34. The monoisotopic (exact) mass is 387 g/mol. The van der Waals surface area contributed by atoms with E-state index < -0.39 is 0 Å². The van der Waals surface area contributed by atoms with Gasteiger partial charge in [-0.25, -0.2) is 0 Å².